The Bertz CT molecular complexity index is 377. The molecule has 1 aromatic carbocycles. The fraction of sp³-hybridized carbons (Fsp3) is 0.529. The first kappa shape index (κ1) is 14.1. The van der Waals surface area contributed by atoms with E-state index in [1.807, 2.05) is 0 Å². The maximum absolute atomic E-state index is 5.62. The molecule has 2 nitrogen and oxygen atoms in total. The van der Waals surface area contributed by atoms with Crippen molar-refractivity contribution >= 4 is 0 Å². The molecule has 0 bridgehead atoms. The lowest BCUT2D eigenvalue weighted by molar-refractivity contribution is 0.263. The molecule has 104 valence electrons. The van der Waals surface area contributed by atoms with Crippen molar-refractivity contribution in [2.75, 3.05) is 13.2 Å². The molecule has 1 aromatic rings. The van der Waals surface area contributed by atoms with Crippen LogP contribution in [0, 0.1) is 0 Å². The smallest absolute Gasteiger partial charge is 0.119 e. The largest absolute Gasteiger partial charge is 0.491 e. The number of allylic oxidation sites excluding steroid dienone is 2. The fourth-order valence-corrected chi connectivity index (χ4v) is 1.98. The van der Waals surface area contributed by atoms with Crippen LogP contribution in [0.5, 0.6) is 5.75 Å². The highest BCUT2D eigenvalue weighted by Crippen LogP contribution is 2.17. The van der Waals surface area contributed by atoms with Crippen LogP contribution < -0.4 is 4.74 Å². The van der Waals surface area contributed by atoms with E-state index in [-0.39, 0.29) is 0 Å². The lowest BCUT2D eigenvalue weighted by atomic mass is 10.1. The van der Waals surface area contributed by atoms with Crippen molar-refractivity contribution in [1.82, 2.24) is 0 Å². The molecule has 0 radical (unpaired) electrons. The second kappa shape index (κ2) is 8.00. The van der Waals surface area contributed by atoms with Crippen LogP contribution in [0.1, 0.15) is 38.2 Å². The molecule has 0 amide bonds. The molecule has 0 aliphatic carbocycles. The van der Waals surface area contributed by atoms with Gasteiger partial charge in [-0.3, -0.25) is 0 Å². The summed E-state index contributed by atoms with van der Waals surface area (Å²) in [6.07, 6.45) is 10.9. The van der Waals surface area contributed by atoms with Crippen molar-refractivity contribution < 1.29 is 9.47 Å². The summed E-state index contributed by atoms with van der Waals surface area (Å²) in [5, 5.41) is 0. The Hall–Kier alpha value is -1.28. The molecule has 1 saturated heterocycles. The summed E-state index contributed by atoms with van der Waals surface area (Å²) >= 11 is 0. The highest BCUT2D eigenvalue weighted by atomic mass is 16.6. The van der Waals surface area contributed by atoms with Crippen LogP contribution in [-0.4, -0.2) is 19.3 Å². The van der Waals surface area contributed by atoms with E-state index in [1.54, 1.807) is 0 Å². The quantitative estimate of drug-likeness (QED) is 0.378. The number of epoxide rings is 1. The summed E-state index contributed by atoms with van der Waals surface area (Å²) in [4.78, 5) is 0. The van der Waals surface area contributed by atoms with Crippen LogP contribution in [-0.2, 0) is 11.2 Å². The summed E-state index contributed by atoms with van der Waals surface area (Å²) in [5.74, 6) is 0.949. The maximum Gasteiger partial charge on any atom is 0.119 e. The number of ether oxygens (including phenoxy) is 2. The SMILES string of the molecule is CC/C=C/CCCCc1ccc(OCC2CO2)cc1. The van der Waals surface area contributed by atoms with Crippen LogP contribution in [0.2, 0.25) is 0 Å². The molecule has 0 aromatic heterocycles. The van der Waals surface area contributed by atoms with E-state index in [4.69, 9.17) is 9.47 Å². The summed E-state index contributed by atoms with van der Waals surface area (Å²) in [6.45, 7) is 3.71. The number of hydrogen-bond acceptors (Lipinski definition) is 2. The third kappa shape index (κ3) is 5.93. The van der Waals surface area contributed by atoms with E-state index in [1.165, 1.54) is 24.8 Å². The molecule has 1 heterocycles. The summed E-state index contributed by atoms with van der Waals surface area (Å²) in [5.41, 5.74) is 1.40. The van der Waals surface area contributed by atoms with Gasteiger partial charge in [-0.15, -0.1) is 0 Å². The molecule has 0 saturated carbocycles. The molecule has 2 rings (SSSR count). The van der Waals surface area contributed by atoms with Crippen molar-refractivity contribution in [2.45, 2.75) is 45.1 Å². The molecule has 1 atom stereocenters. The van der Waals surface area contributed by atoms with Gasteiger partial charge in [0.1, 0.15) is 18.5 Å². The lowest BCUT2D eigenvalue weighted by Crippen LogP contribution is -2.03. The molecule has 19 heavy (non-hydrogen) atoms. The lowest BCUT2D eigenvalue weighted by Gasteiger charge is -2.05. The maximum atomic E-state index is 5.62. The normalized spacial score (nSPS) is 17.8. The molecule has 1 aliphatic heterocycles. The zero-order chi connectivity index (χ0) is 13.3. The van der Waals surface area contributed by atoms with E-state index in [9.17, 15) is 0 Å². The molecule has 0 spiro atoms. The van der Waals surface area contributed by atoms with Crippen molar-refractivity contribution in [3.05, 3.63) is 42.0 Å². The second-order valence-electron chi connectivity index (χ2n) is 5.04. The summed E-state index contributed by atoms with van der Waals surface area (Å²) in [7, 11) is 0. The Kier molecular flexibility index (Phi) is 5.96. The number of unbranched alkanes of at least 4 members (excludes halogenated alkanes) is 2. The Morgan fingerprint density at radius 1 is 1.21 bits per heavy atom. The van der Waals surface area contributed by atoms with Crippen molar-refractivity contribution in [2.24, 2.45) is 0 Å². The Balaban J connectivity index is 1.62. The Labute approximate surface area is 116 Å². The van der Waals surface area contributed by atoms with Gasteiger partial charge in [-0.05, 0) is 49.8 Å². The number of aryl methyl sites for hydroxylation is 1. The monoisotopic (exact) mass is 260 g/mol. The molecule has 2 heteroatoms. The first-order chi connectivity index (χ1) is 9.38. The van der Waals surface area contributed by atoms with Gasteiger partial charge in [0.05, 0.1) is 6.61 Å². The zero-order valence-corrected chi connectivity index (χ0v) is 11.8. The van der Waals surface area contributed by atoms with Crippen molar-refractivity contribution in [3.8, 4) is 5.75 Å². The van der Waals surface area contributed by atoms with Crippen LogP contribution in [0.25, 0.3) is 0 Å². The fourth-order valence-electron chi connectivity index (χ4n) is 1.98. The first-order valence-corrected chi connectivity index (χ1v) is 7.37. The van der Waals surface area contributed by atoms with Gasteiger partial charge in [-0.2, -0.15) is 0 Å². The third-order valence-electron chi connectivity index (χ3n) is 3.25. The molecule has 1 fully saturated rings. The Morgan fingerprint density at radius 2 is 2.00 bits per heavy atom. The van der Waals surface area contributed by atoms with Crippen molar-refractivity contribution in [1.29, 1.82) is 0 Å². The van der Waals surface area contributed by atoms with Crippen LogP contribution >= 0.6 is 0 Å². The minimum Gasteiger partial charge on any atom is -0.491 e. The minimum atomic E-state index is 0.329. The van der Waals surface area contributed by atoms with Crippen LogP contribution in [0.15, 0.2) is 36.4 Å². The van der Waals surface area contributed by atoms with Crippen LogP contribution in [0.3, 0.4) is 0 Å². The van der Waals surface area contributed by atoms with Gasteiger partial charge in [-0.25, -0.2) is 0 Å². The van der Waals surface area contributed by atoms with Gasteiger partial charge < -0.3 is 9.47 Å². The molecular weight excluding hydrogens is 236 g/mol. The highest BCUT2D eigenvalue weighted by Gasteiger charge is 2.22. The average molecular weight is 260 g/mol. The predicted octanol–water partition coefficient (Wildman–Crippen LogP) is 4.14. The minimum absolute atomic E-state index is 0.329. The van der Waals surface area contributed by atoms with E-state index >= 15 is 0 Å². The van der Waals surface area contributed by atoms with E-state index in [0.717, 1.165) is 25.2 Å². The van der Waals surface area contributed by atoms with Gasteiger partial charge in [0.25, 0.3) is 0 Å². The number of benzene rings is 1. The molecule has 0 N–H and O–H groups in total. The Morgan fingerprint density at radius 3 is 2.68 bits per heavy atom. The zero-order valence-electron chi connectivity index (χ0n) is 11.8. The second-order valence-corrected chi connectivity index (χ2v) is 5.04. The highest BCUT2D eigenvalue weighted by molar-refractivity contribution is 5.27. The van der Waals surface area contributed by atoms with Crippen molar-refractivity contribution in [3.63, 3.8) is 0 Å². The average Bonchev–Trinajstić information content (AvgIpc) is 3.26. The van der Waals surface area contributed by atoms with E-state index in [2.05, 4.69) is 43.3 Å². The van der Waals surface area contributed by atoms with Gasteiger partial charge in [0.15, 0.2) is 0 Å². The van der Waals surface area contributed by atoms with Gasteiger partial charge >= 0.3 is 0 Å². The topological polar surface area (TPSA) is 21.8 Å². The summed E-state index contributed by atoms with van der Waals surface area (Å²) < 4.78 is 10.7. The van der Waals surface area contributed by atoms with Gasteiger partial charge in [0.2, 0.25) is 0 Å². The van der Waals surface area contributed by atoms with Crippen LogP contribution in [0.4, 0.5) is 0 Å². The molecular formula is C17H24O2. The van der Waals surface area contributed by atoms with E-state index < -0.39 is 0 Å². The number of rotatable bonds is 9. The standard InChI is InChI=1S/C17H24O2/c1-2-3-4-5-6-7-8-15-9-11-16(12-10-15)18-13-17-14-19-17/h3-4,9-12,17H,2,5-8,13-14H2,1H3/b4-3+. The molecule has 1 aliphatic rings. The number of hydrogen-bond donors (Lipinski definition) is 0. The van der Waals surface area contributed by atoms with E-state index in [0.29, 0.717) is 12.7 Å². The molecule has 1 unspecified atom stereocenters. The van der Waals surface area contributed by atoms with Gasteiger partial charge in [-0.1, -0.05) is 31.2 Å². The third-order valence-corrected chi connectivity index (χ3v) is 3.25. The summed E-state index contributed by atoms with van der Waals surface area (Å²) in [6, 6.07) is 8.47. The van der Waals surface area contributed by atoms with Gasteiger partial charge in [0, 0.05) is 0 Å². The first-order valence-electron chi connectivity index (χ1n) is 7.37. The predicted molar refractivity (Wildman–Crippen MR) is 78.7 cm³/mol.